The van der Waals surface area contributed by atoms with Crippen LogP contribution in [0.4, 0.5) is 0 Å². The maximum absolute atomic E-state index is 12.0. The molecule has 0 fully saturated rings. The van der Waals surface area contributed by atoms with Gasteiger partial charge in [0.25, 0.3) is 0 Å². The SMILES string of the molecule is CC(N)CC(=O)NC(c1nnc2ccccn12)C(C)C. The molecule has 0 saturated carbocycles. The van der Waals surface area contributed by atoms with E-state index in [1.54, 1.807) is 0 Å². The van der Waals surface area contributed by atoms with Crippen molar-refractivity contribution in [3.8, 4) is 0 Å². The van der Waals surface area contributed by atoms with E-state index in [1.807, 2.05) is 49.6 Å². The Morgan fingerprint density at radius 3 is 2.75 bits per heavy atom. The van der Waals surface area contributed by atoms with Gasteiger partial charge in [0, 0.05) is 18.7 Å². The van der Waals surface area contributed by atoms with Crippen molar-refractivity contribution in [1.29, 1.82) is 0 Å². The van der Waals surface area contributed by atoms with Gasteiger partial charge in [-0.3, -0.25) is 9.20 Å². The highest BCUT2D eigenvalue weighted by Crippen LogP contribution is 2.20. The summed E-state index contributed by atoms with van der Waals surface area (Å²) in [6.45, 7) is 5.90. The molecule has 2 unspecified atom stereocenters. The smallest absolute Gasteiger partial charge is 0.222 e. The maximum atomic E-state index is 12.0. The Balaban J connectivity index is 2.27. The first-order valence-electron chi connectivity index (χ1n) is 6.83. The maximum Gasteiger partial charge on any atom is 0.222 e. The number of pyridine rings is 1. The fourth-order valence-electron chi connectivity index (χ4n) is 2.13. The molecule has 0 aliphatic carbocycles. The summed E-state index contributed by atoms with van der Waals surface area (Å²) in [6.07, 6.45) is 2.21. The average Bonchev–Trinajstić information content (AvgIpc) is 2.78. The number of rotatable bonds is 5. The van der Waals surface area contributed by atoms with Crippen molar-refractivity contribution in [2.75, 3.05) is 0 Å². The fourth-order valence-corrected chi connectivity index (χ4v) is 2.13. The molecule has 2 aromatic rings. The van der Waals surface area contributed by atoms with Crippen molar-refractivity contribution in [1.82, 2.24) is 19.9 Å². The van der Waals surface area contributed by atoms with Gasteiger partial charge in [0.1, 0.15) is 0 Å². The number of carbonyl (C=O) groups excluding carboxylic acids is 1. The van der Waals surface area contributed by atoms with Crippen molar-refractivity contribution in [3.05, 3.63) is 30.2 Å². The summed E-state index contributed by atoms with van der Waals surface area (Å²) in [5.74, 6) is 0.889. The number of nitrogens with zero attached hydrogens (tertiary/aromatic N) is 3. The highest BCUT2D eigenvalue weighted by atomic mass is 16.1. The Bertz CT molecular complexity index is 590. The Labute approximate surface area is 118 Å². The molecule has 0 spiro atoms. The second-order valence-corrected chi connectivity index (χ2v) is 5.46. The minimum absolute atomic E-state index is 0.0635. The molecule has 0 radical (unpaired) electrons. The summed E-state index contributed by atoms with van der Waals surface area (Å²) in [5.41, 5.74) is 6.43. The van der Waals surface area contributed by atoms with E-state index in [4.69, 9.17) is 5.73 Å². The van der Waals surface area contributed by atoms with Crippen LogP contribution in [0.1, 0.15) is 39.1 Å². The first-order chi connectivity index (χ1) is 9.49. The first kappa shape index (κ1) is 14.5. The molecule has 6 nitrogen and oxygen atoms in total. The molecule has 0 aliphatic rings. The molecular weight excluding hydrogens is 254 g/mol. The molecule has 0 saturated heterocycles. The quantitative estimate of drug-likeness (QED) is 0.860. The lowest BCUT2D eigenvalue weighted by atomic mass is 10.0. The third-order valence-electron chi connectivity index (χ3n) is 3.11. The van der Waals surface area contributed by atoms with E-state index >= 15 is 0 Å². The summed E-state index contributed by atoms with van der Waals surface area (Å²) < 4.78 is 1.90. The number of hydrogen-bond donors (Lipinski definition) is 2. The van der Waals surface area contributed by atoms with Crippen LogP contribution in [0.3, 0.4) is 0 Å². The number of fused-ring (bicyclic) bond motifs is 1. The normalized spacial score (nSPS) is 14.4. The minimum atomic E-state index is -0.182. The molecule has 1 amide bonds. The molecule has 2 atom stereocenters. The van der Waals surface area contributed by atoms with Crippen molar-refractivity contribution in [2.24, 2.45) is 11.7 Å². The number of aromatic nitrogens is 3. The zero-order valence-corrected chi connectivity index (χ0v) is 12.1. The lowest BCUT2D eigenvalue weighted by Gasteiger charge is -2.21. The Kier molecular flexibility index (Phi) is 4.34. The summed E-state index contributed by atoms with van der Waals surface area (Å²) in [4.78, 5) is 12.0. The van der Waals surface area contributed by atoms with Crippen LogP contribution in [0, 0.1) is 5.92 Å². The third-order valence-corrected chi connectivity index (χ3v) is 3.11. The van der Waals surface area contributed by atoms with Gasteiger partial charge in [-0.1, -0.05) is 19.9 Å². The monoisotopic (exact) mass is 275 g/mol. The third kappa shape index (κ3) is 3.14. The highest BCUT2D eigenvalue weighted by Gasteiger charge is 2.23. The van der Waals surface area contributed by atoms with Gasteiger partial charge in [-0.2, -0.15) is 0 Å². The van der Waals surface area contributed by atoms with Gasteiger partial charge in [-0.25, -0.2) is 0 Å². The highest BCUT2D eigenvalue weighted by molar-refractivity contribution is 5.77. The molecule has 0 aliphatic heterocycles. The Morgan fingerprint density at radius 2 is 2.10 bits per heavy atom. The Hall–Kier alpha value is -1.95. The zero-order chi connectivity index (χ0) is 14.7. The van der Waals surface area contributed by atoms with E-state index in [-0.39, 0.29) is 23.9 Å². The zero-order valence-electron chi connectivity index (χ0n) is 12.1. The predicted molar refractivity (Wildman–Crippen MR) is 77.0 cm³/mol. The molecule has 2 heterocycles. The number of hydrogen-bond acceptors (Lipinski definition) is 4. The first-order valence-corrected chi connectivity index (χ1v) is 6.83. The summed E-state index contributed by atoms with van der Waals surface area (Å²) in [7, 11) is 0. The minimum Gasteiger partial charge on any atom is -0.346 e. The number of amides is 1. The largest absolute Gasteiger partial charge is 0.346 e. The van der Waals surface area contributed by atoms with Crippen LogP contribution in [0.25, 0.3) is 5.65 Å². The van der Waals surface area contributed by atoms with Crippen molar-refractivity contribution in [2.45, 2.75) is 39.3 Å². The average molecular weight is 275 g/mol. The lowest BCUT2D eigenvalue weighted by Crippen LogP contribution is -2.36. The van der Waals surface area contributed by atoms with Crippen LogP contribution in [0.2, 0.25) is 0 Å². The van der Waals surface area contributed by atoms with E-state index in [0.29, 0.717) is 6.42 Å². The molecule has 108 valence electrons. The van der Waals surface area contributed by atoms with Crippen molar-refractivity contribution in [3.63, 3.8) is 0 Å². The molecule has 6 heteroatoms. The van der Waals surface area contributed by atoms with Gasteiger partial charge >= 0.3 is 0 Å². The standard InChI is InChI=1S/C14H21N5O/c1-9(2)13(16-12(20)8-10(3)15)14-18-17-11-6-4-5-7-19(11)14/h4-7,9-10,13H,8,15H2,1-3H3,(H,16,20). The Morgan fingerprint density at radius 1 is 1.35 bits per heavy atom. The van der Waals surface area contributed by atoms with E-state index in [9.17, 15) is 4.79 Å². The molecule has 0 aromatic carbocycles. The summed E-state index contributed by atoms with van der Waals surface area (Å²) in [6, 6.07) is 5.38. The van der Waals surface area contributed by atoms with Gasteiger partial charge in [-0.05, 0) is 25.0 Å². The summed E-state index contributed by atoms with van der Waals surface area (Å²) in [5, 5.41) is 11.3. The van der Waals surface area contributed by atoms with E-state index in [0.717, 1.165) is 11.5 Å². The summed E-state index contributed by atoms with van der Waals surface area (Å²) >= 11 is 0. The van der Waals surface area contributed by atoms with E-state index in [1.165, 1.54) is 0 Å². The second kappa shape index (κ2) is 6.00. The molecule has 0 bridgehead atoms. The lowest BCUT2D eigenvalue weighted by molar-refractivity contribution is -0.122. The predicted octanol–water partition coefficient (Wildman–Crippen LogP) is 1.28. The molecule has 3 N–H and O–H groups in total. The van der Waals surface area contributed by atoms with Crippen LogP contribution >= 0.6 is 0 Å². The molecule has 2 rings (SSSR count). The fraction of sp³-hybridized carbons (Fsp3) is 0.500. The topological polar surface area (TPSA) is 85.3 Å². The number of nitrogens with one attached hydrogen (secondary N) is 1. The van der Waals surface area contributed by atoms with Crippen molar-refractivity contribution < 1.29 is 4.79 Å². The van der Waals surface area contributed by atoms with Crippen LogP contribution < -0.4 is 11.1 Å². The van der Waals surface area contributed by atoms with Crippen molar-refractivity contribution >= 4 is 11.6 Å². The molecular formula is C14H21N5O. The van der Waals surface area contributed by atoms with E-state index in [2.05, 4.69) is 15.5 Å². The molecule has 20 heavy (non-hydrogen) atoms. The van der Waals surface area contributed by atoms with Gasteiger partial charge < -0.3 is 11.1 Å². The van der Waals surface area contributed by atoms with Gasteiger partial charge in [0.15, 0.2) is 11.5 Å². The van der Waals surface area contributed by atoms with Crippen LogP contribution in [-0.4, -0.2) is 26.5 Å². The van der Waals surface area contributed by atoms with Gasteiger partial charge in [0.2, 0.25) is 5.91 Å². The second-order valence-electron chi connectivity index (χ2n) is 5.46. The number of nitrogens with two attached hydrogens (primary N) is 1. The molecule has 2 aromatic heterocycles. The number of carbonyl (C=O) groups is 1. The van der Waals surface area contributed by atoms with Crippen LogP contribution in [0.15, 0.2) is 24.4 Å². The van der Waals surface area contributed by atoms with E-state index < -0.39 is 0 Å². The van der Waals surface area contributed by atoms with Gasteiger partial charge in [-0.15, -0.1) is 10.2 Å². The van der Waals surface area contributed by atoms with Crippen LogP contribution in [-0.2, 0) is 4.79 Å². The van der Waals surface area contributed by atoms with Gasteiger partial charge in [0.05, 0.1) is 6.04 Å². The van der Waals surface area contributed by atoms with Crippen LogP contribution in [0.5, 0.6) is 0 Å².